The molecule has 8 heteroatoms. The monoisotopic (exact) mass is 492 g/mol. The molecule has 0 saturated carbocycles. The van der Waals surface area contributed by atoms with Gasteiger partial charge in [-0.3, -0.25) is 14.3 Å². The zero-order chi connectivity index (χ0) is 25.9. The molecule has 5 rings (SSSR count). The summed E-state index contributed by atoms with van der Waals surface area (Å²) in [6, 6.07) is 20.3. The van der Waals surface area contributed by atoms with Crippen molar-refractivity contribution < 1.29 is 9.59 Å². The number of rotatable bonds is 9. The van der Waals surface area contributed by atoms with E-state index in [9.17, 15) is 9.59 Å². The van der Waals surface area contributed by atoms with Crippen LogP contribution in [0, 0.1) is 6.92 Å². The molecule has 0 spiro atoms. The van der Waals surface area contributed by atoms with Crippen molar-refractivity contribution in [3.8, 4) is 11.1 Å². The van der Waals surface area contributed by atoms with Crippen molar-refractivity contribution in [2.45, 2.75) is 19.4 Å². The highest BCUT2D eigenvalue weighted by molar-refractivity contribution is 6.04. The van der Waals surface area contributed by atoms with Gasteiger partial charge in [0, 0.05) is 42.7 Å². The number of hydrogen-bond acceptors (Lipinski definition) is 5. The van der Waals surface area contributed by atoms with Crippen LogP contribution in [0.5, 0.6) is 0 Å². The van der Waals surface area contributed by atoms with Gasteiger partial charge in [-0.05, 0) is 42.7 Å². The minimum Gasteiger partial charge on any atom is -0.366 e. The molecule has 0 aliphatic carbocycles. The summed E-state index contributed by atoms with van der Waals surface area (Å²) in [6.45, 7) is 2.47. The number of carbonyl (C=O) groups is 2. The van der Waals surface area contributed by atoms with E-state index < -0.39 is 11.9 Å². The maximum absolute atomic E-state index is 13.9. The highest BCUT2D eigenvalue weighted by Gasteiger charge is 2.26. The molecule has 1 amide bonds. The van der Waals surface area contributed by atoms with Crippen LogP contribution >= 0.6 is 0 Å². The highest BCUT2D eigenvalue weighted by Crippen LogP contribution is 2.25. The smallest absolute Gasteiger partial charge is 0.248 e. The van der Waals surface area contributed by atoms with Gasteiger partial charge in [0.2, 0.25) is 11.7 Å². The van der Waals surface area contributed by atoms with Gasteiger partial charge in [-0.1, -0.05) is 48.5 Å². The summed E-state index contributed by atoms with van der Waals surface area (Å²) in [6.07, 6.45) is 6.45. The maximum Gasteiger partial charge on any atom is 0.248 e. The molecule has 0 radical (unpaired) electrons. The summed E-state index contributed by atoms with van der Waals surface area (Å²) < 4.78 is 3.72. The van der Waals surface area contributed by atoms with Gasteiger partial charge in [-0.2, -0.15) is 5.10 Å². The Kier molecular flexibility index (Phi) is 6.66. The number of primary amides is 1. The first kappa shape index (κ1) is 24.1. The first-order valence-corrected chi connectivity index (χ1v) is 12.1. The molecule has 1 atom stereocenters. The molecule has 0 aliphatic rings. The molecule has 5 aromatic rings. The van der Waals surface area contributed by atoms with Crippen molar-refractivity contribution in [3.63, 3.8) is 0 Å². The van der Waals surface area contributed by atoms with Gasteiger partial charge in [0.15, 0.2) is 0 Å². The van der Waals surface area contributed by atoms with Crippen LogP contribution in [0.1, 0.15) is 43.8 Å². The van der Waals surface area contributed by atoms with E-state index >= 15 is 0 Å². The summed E-state index contributed by atoms with van der Waals surface area (Å²) in [5.41, 5.74) is 10.9. The maximum atomic E-state index is 13.9. The zero-order valence-electron chi connectivity index (χ0n) is 20.8. The number of benzene rings is 2. The first-order chi connectivity index (χ1) is 17.9. The van der Waals surface area contributed by atoms with Gasteiger partial charge in [-0.15, -0.1) is 0 Å². The van der Waals surface area contributed by atoms with Crippen molar-refractivity contribution in [1.29, 1.82) is 0 Å². The fraction of sp³-hybridized carbons (Fsp3) is 0.172. The Morgan fingerprint density at radius 3 is 2.41 bits per heavy atom. The largest absolute Gasteiger partial charge is 0.366 e. The minimum atomic E-state index is -0.554. The van der Waals surface area contributed by atoms with E-state index in [0.717, 1.165) is 33.6 Å². The number of amides is 1. The molecule has 3 heterocycles. The normalized spacial score (nSPS) is 12.1. The first-order valence-electron chi connectivity index (χ1n) is 12.1. The number of aromatic nitrogens is 4. The minimum absolute atomic E-state index is 0.0880. The van der Waals surface area contributed by atoms with Gasteiger partial charge in [0.1, 0.15) is 11.5 Å². The average molecular weight is 493 g/mol. The second kappa shape index (κ2) is 10.2. The molecule has 2 aromatic carbocycles. The Balaban J connectivity index is 1.41. The number of nitrogens with two attached hydrogens (primary N) is 1. The lowest BCUT2D eigenvalue weighted by Gasteiger charge is -2.18. The number of pyridine rings is 1. The van der Waals surface area contributed by atoms with E-state index in [1.54, 1.807) is 16.8 Å². The molecule has 0 aliphatic heterocycles. The summed E-state index contributed by atoms with van der Waals surface area (Å²) in [5.74, 6) is 0.204. The summed E-state index contributed by atoms with van der Waals surface area (Å²) in [5, 5.41) is 7.69. The van der Waals surface area contributed by atoms with Gasteiger partial charge in [-0.25, -0.2) is 4.98 Å². The Bertz CT molecular complexity index is 1570. The molecule has 37 heavy (non-hydrogen) atoms. The van der Waals surface area contributed by atoms with Crippen molar-refractivity contribution in [3.05, 3.63) is 114 Å². The van der Waals surface area contributed by atoms with E-state index in [4.69, 9.17) is 5.73 Å². The second-order valence-corrected chi connectivity index (χ2v) is 9.06. The van der Waals surface area contributed by atoms with E-state index in [0.29, 0.717) is 24.2 Å². The third-order valence-corrected chi connectivity index (χ3v) is 6.48. The third kappa shape index (κ3) is 5.05. The topological polar surface area (TPSA) is 107 Å². The summed E-state index contributed by atoms with van der Waals surface area (Å²) in [4.78, 5) is 29.9. The van der Waals surface area contributed by atoms with Crippen LogP contribution in [0.4, 0.5) is 0 Å². The molecular weight excluding hydrogens is 464 g/mol. The molecule has 3 N–H and O–H groups in total. The number of hydrogen-bond donors (Lipinski definition) is 2. The number of fused-ring (bicyclic) bond motifs is 1. The number of nitrogens with one attached hydrogen (secondary N) is 1. The summed E-state index contributed by atoms with van der Waals surface area (Å²) >= 11 is 0. The Morgan fingerprint density at radius 2 is 1.73 bits per heavy atom. The van der Waals surface area contributed by atoms with Crippen molar-refractivity contribution in [2.75, 3.05) is 6.54 Å². The Morgan fingerprint density at radius 1 is 0.973 bits per heavy atom. The highest BCUT2D eigenvalue weighted by atomic mass is 16.1. The lowest BCUT2D eigenvalue weighted by molar-refractivity contribution is 0.0939. The molecule has 0 saturated heterocycles. The van der Waals surface area contributed by atoms with Crippen LogP contribution in [0.15, 0.2) is 85.3 Å². The van der Waals surface area contributed by atoms with Crippen molar-refractivity contribution in [1.82, 2.24) is 24.5 Å². The van der Waals surface area contributed by atoms with Gasteiger partial charge in [0.05, 0.1) is 17.8 Å². The number of Topliss-reactive ketones (excluding diaryl/α,β-unsaturated/α-hetero) is 1. The van der Waals surface area contributed by atoms with E-state index in [-0.39, 0.29) is 5.78 Å². The number of aryl methyl sites for hydroxylation is 2. The number of ketones is 1. The van der Waals surface area contributed by atoms with Gasteiger partial charge < -0.3 is 15.5 Å². The van der Waals surface area contributed by atoms with E-state index in [1.807, 2.05) is 91.6 Å². The van der Waals surface area contributed by atoms with E-state index in [1.165, 1.54) is 0 Å². The van der Waals surface area contributed by atoms with Crippen LogP contribution in [-0.4, -0.2) is 37.4 Å². The lowest BCUT2D eigenvalue weighted by atomic mass is 9.99. The molecule has 0 unspecified atom stereocenters. The average Bonchev–Trinajstić information content (AvgIpc) is 3.50. The Labute approximate surface area is 214 Å². The quantitative estimate of drug-likeness (QED) is 0.304. The second-order valence-electron chi connectivity index (χ2n) is 9.06. The van der Waals surface area contributed by atoms with Crippen LogP contribution in [-0.2, 0) is 13.5 Å². The number of imidazole rings is 1. The number of nitrogens with zero attached hydrogens (tertiary/aromatic N) is 4. The molecule has 186 valence electrons. The summed E-state index contributed by atoms with van der Waals surface area (Å²) in [7, 11) is 1.88. The lowest BCUT2D eigenvalue weighted by Crippen LogP contribution is -2.30. The standard InChI is InChI=1S/C29H28N6O2/c1-19-33-27(25-13-12-23(18-35(19)25)24-16-32-34(2)17-24)28(36)26(21-6-4-3-5-7-21)31-15-14-20-8-10-22(11-9-20)29(30)37/h3-13,16-18,26,31H,14-15H2,1-2H3,(H2,30,37)/t26-/m0/s1. The molecule has 3 aromatic heterocycles. The van der Waals surface area contributed by atoms with E-state index in [2.05, 4.69) is 15.4 Å². The van der Waals surface area contributed by atoms with Crippen LogP contribution in [0.25, 0.3) is 16.6 Å². The van der Waals surface area contributed by atoms with Crippen molar-refractivity contribution >= 4 is 17.2 Å². The van der Waals surface area contributed by atoms with Crippen LogP contribution < -0.4 is 11.1 Å². The fourth-order valence-electron chi connectivity index (χ4n) is 4.50. The number of carbonyl (C=O) groups excluding carboxylic acids is 2. The van der Waals surface area contributed by atoms with Crippen LogP contribution in [0.3, 0.4) is 0 Å². The van der Waals surface area contributed by atoms with Gasteiger partial charge in [0.25, 0.3) is 0 Å². The third-order valence-electron chi connectivity index (χ3n) is 6.48. The van der Waals surface area contributed by atoms with Gasteiger partial charge >= 0.3 is 0 Å². The predicted octanol–water partition coefficient (Wildman–Crippen LogP) is 3.90. The predicted molar refractivity (Wildman–Crippen MR) is 142 cm³/mol. The molecule has 8 nitrogen and oxygen atoms in total. The Hall–Kier alpha value is -4.56. The van der Waals surface area contributed by atoms with Crippen molar-refractivity contribution in [2.24, 2.45) is 12.8 Å². The fourth-order valence-corrected chi connectivity index (χ4v) is 4.50. The SMILES string of the molecule is Cc1nc(C(=O)[C@@H](NCCc2ccc(C(N)=O)cc2)c2ccccc2)c2ccc(-c3cnn(C)c3)cn12. The van der Waals surface area contributed by atoms with Crippen LogP contribution in [0.2, 0.25) is 0 Å². The molecular formula is C29H28N6O2. The molecule has 0 bridgehead atoms. The zero-order valence-corrected chi connectivity index (χ0v) is 20.8. The molecule has 0 fully saturated rings.